The molecule has 2 aromatic rings. The molecule has 0 fully saturated rings. The molecule has 2 N–H and O–H groups in total. The minimum Gasteiger partial charge on any atom is -0.496 e. The molecule has 1 atom stereocenters. The van der Waals surface area contributed by atoms with Crippen LogP contribution in [0.2, 0.25) is 0 Å². The number of aryl methyl sites for hydroxylation is 1. The summed E-state index contributed by atoms with van der Waals surface area (Å²) in [5.41, 5.74) is 6.73. The molecule has 1 aromatic heterocycles. The van der Waals surface area contributed by atoms with Gasteiger partial charge in [0.15, 0.2) is 0 Å². The molecular formula is C12H13FN2OS. The first-order valence-electron chi connectivity index (χ1n) is 5.13. The average molecular weight is 252 g/mol. The number of nitrogens with zero attached hydrogens (tertiary/aromatic N) is 1. The van der Waals surface area contributed by atoms with Crippen molar-refractivity contribution in [1.29, 1.82) is 0 Å². The standard InChI is InChI=1S/C12H13FN2OS/c1-7-15-6-11(17-7)12(14)9-5-8(13)3-4-10(9)16-2/h3-6,12H,14H2,1-2H3. The summed E-state index contributed by atoms with van der Waals surface area (Å²) >= 11 is 1.50. The maximum atomic E-state index is 13.2. The van der Waals surface area contributed by atoms with Gasteiger partial charge in [-0.15, -0.1) is 11.3 Å². The Bertz CT molecular complexity index is 527. The molecule has 17 heavy (non-hydrogen) atoms. The number of ether oxygens (including phenoxy) is 1. The molecule has 1 unspecified atom stereocenters. The van der Waals surface area contributed by atoms with Gasteiger partial charge < -0.3 is 10.5 Å². The Kier molecular flexibility index (Phi) is 3.40. The lowest BCUT2D eigenvalue weighted by Crippen LogP contribution is -2.12. The number of methoxy groups -OCH3 is 1. The van der Waals surface area contributed by atoms with Gasteiger partial charge in [-0.1, -0.05) is 0 Å². The van der Waals surface area contributed by atoms with Crippen molar-refractivity contribution in [3.63, 3.8) is 0 Å². The average Bonchev–Trinajstić information content (AvgIpc) is 2.75. The highest BCUT2D eigenvalue weighted by atomic mass is 32.1. The first-order valence-corrected chi connectivity index (χ1v) is 5.95. The maximum absolute atomic E-state index is 13.2. The Morgan fingerprint density at radius 1 is 1.47 bits per heavy atom. The number of thiazole rings is 1. The highest BCUT2D eigenvalue weighted by Crippen LogP contribution is 2.31. The van der Waals surface area contributed by atoms with Crippen LogP contribution in [0.25, 0.3) is 0 Å². The van der Waals surface area contributed by atoms with Crippen molar-refractivity contribution in [2.75, 3.05) is 7.11 Å². The van der Waals surface area contributed by atoms with Crippen molar-refractivity contribution in [3.05, 3.63) is 45.7 Å². The third-order valence-electron chi connectivity index (χ3n) is 2.47. The van der Waals surface area contributed by atoms with Crippen LogP contribution in [-0.4, -0.2) is 12.1 Å². The second-order valence-corrected chi connectivity index (χ2v) is 4.91. The van der Waals surface area contributed by atoms with E-state index in [0.717, 1.165) is 9.88 Å². The number of aromatic nitrogens is 1. The lowest BCUT2D eigenvalue weighted by Gasteiger charge is -2.14. The van der Waals surface area contributed by atoms with E-state index in [9.17, 15) is 4.39 Å². The number of rotatable bonds is 3. The van der Waals surface area contributed by atoms with Gasteiger partial charge in [-0.05, 0) is 25.1 Å². The zero-order valence-electron chi connectivity index (χ0n) is 9.61. The van der Waals surface area contributed by atoms with Gasteiger partial charge in [0, 0.05) is 16.6 Å². The number of benzene rings is 1. The summed E-state index contributed by atoms with van der Waals surface area (Å²) in [4.78, 5) is 5.04. The number of halogens is 1. The second kappa shape index (κ2) is 4.81. The van der Waals surface area contributed by atoms with Gasteiger partial charge in [0.2, 0.25) is 0 Å². The van der Waals surface area contributed by atoms with Crippen LogP contribution in [0.4, 0.5) is 4.39 Å². The van der Waals surface area contributed by atoms with Crippen molar-refractivity contribution < 1.29 is 9.13 Å². The molecule has 0 radical (unpaired) electrons. The molecule has 0 aliphatic heterocycles. The summed E-state index contributed by atoms with van der Waals surface area (Å²) in [5, 5.41) is 0.936. The highest BCUT2D eigenvalue weighted by molar-refractivity contribution is 7.11. The predicted octanol–water partition coefficient (Wildman–Crippen LogP) is 2.65. The maximum Gasteiger partial charge on any atom is 0.124 e. The van der Waals surface area contributed by atoms with Crippen LogP contribution >= 0.6 is 11.3 Å². The van der Waals surface area contributed by atoms with E-state index in [-0.39, 0.29) is 5.82 Å². The van der Waals surface area contributed by atoms with Crippen LogP contribution in [0, 0.1) is 12.7 Å². The van der Waals surface area contributed by atoms with E-state index in [0.29, 0.717) is 11.3 Å². The Morgan fingerprint density at radius 3 is 2.82 bits per heavy atom. The minimum absolute atomic E-state index is 0.322. The molecule has 0 aliphatic rings. The molecule has 1 heterocycles. The number of nitrogens with two attached hydrogens (primary N) is 1. The molecule has 0 spiro atoms. The molecule has 0 amide bonds. The van der Waals surface area contributed by atoms with Gasteiger partial charge >= 0.3 is 0 Å². The Balaban J connectivity index is 2.42. The third kappa shape index (κ3) is 2.45. The largest absolute Gasteiger partial charge is 0.496 e. The van der Waals surface area contributed by atoms with Crippen molar-refractivity contribution in [3.8, 4) is 5.75 Å². The van der Waals surface area contributed by atoms with Crippen LogP contribution in [0.15, 0.2) is 24.4 Å². The Hall–Kier alpha value is -1.46. The lowest BCUT2D eigenvalue weighted by molar-refractivity contribution is 0.406. The fourth-order valence-electron chi connectivity index (χ4n) is 1.62. The Morgan fingerprint density at radius 2 is 2.24 bits per heavy atom. The van der Waals surface area contributed by atoms with E-state index in [2.05, 4.69) is 4.98 Å². The molecular weight excluding hydrogens is 239 g/mol. The highest BCUT2D eigenvalue weighted by Gasteiger charge is 2.17. The quantitative estimate of drug-likeness (QED) is 0.913. The van der Waals surface area contributed by atoms with E-state index in [1.165, 1.54) is 23.5 Å². The van der Waals surface area contributed by atoms with Crippen LogP contribution in [0.3, 0.4) is 0 Å². The summed E-state index contributed by atoms with van der Waals surface area (Å²) in [5.74, 6) is 0.266. The molecule has 5 heteroatoms. The van der Waals surface area contributed by atoms with E-state index in [1.807, 2.05) is 6.92 Å². The molecule has 0 saturated heterocycles. The zero-order valence-corrected chi connectivity index (χ0v) is 10.4. The van der Waals surface area contributed by atoms with Crippen molar-refractivity contribution in [1.82, 2.24) is 4.98 Å². The van der Waals surface area contributed by atoms with Crippen molar-refractivity contribution in [2.45, 2.75) is 13.0 Å². The zero-order chi connectivity index (χ0) is 12.4. The van der Waals surface area contributed by atoms with Gasteiger partial charge in [0.1, 0.15) is 11.6 Å². The summed E-state index contributed by atoms with van der Waals surface area (Å²) in [6.07, 6.45) is 1.72. The smallest absolute Gasteiger partial charge is 0.124 e. The van der Waals surface area contributed by atoms with Gasteiger partial charge in [-0.3, -0.25) is 0 Å². The van der Waals surface area contributed by atoms with Crippen LogP contribution in [0.1, 0.15) is 21.5 Å². The van der Waals surface area contributed by atoms with Gasteiger partial charge in [-0.25, -0.2) is 9.37 Å². The fraction of sp³-hybridized carbons (Fsp3) is 0.250. The van der Waals surface area contributed by atoms with Gasteiger partial charge in [-0.2, -0.15) is 0 Å². The number of hydrogen-bond acceptors (Lipinski definition) is 4. The van der Waals surface area contributed by atoms with Crippen LogP contribution in [0.5, 0.6) is 5.75 Å². The third-order valence-corrected chi connectivity index (χ3v) is 3.47. The molecule has 0 aliphatic carbocycles. The van der Waals surface area contributed by atoms with Crippen molar-refractivity contribution >= 4 is 11.3 Å². The summed E-state index contributed by atoms with van der Waals surface area (Å²) < 4.78 is 18.4. The lowest BCUT2D eigenvalue weighted by atomic mass is 10.1. The topological polar surface area (TPSA) is 48.1 Å². The number of hydrogen-bond donors (Lipinski definition) is 1. The normalized spacial score (nSPS) is 12.5. The molecule has 90 valence electrons. The Labute approximate surface area is 103 Å². The SMILES string of the molecule is COc1ccc(F)cc1C(N)c1cnc(C)s1. The van der Waals surface area contributed by atoms with Crippen molar-refractivity contribution in [2.24, 2.45) is 5.73 Å². The van der Waals surface area contributed by atoms with E-state index in [1.54, 1.807) is 19.4 Å². The first kappa shape index (κ1) is 12.0. The summed E-state index contributed by atoms with van der Waals surface area (Å²) in [7, 11) is 1.54. The summed E-state index contributed by atoms with van der Waals surface area (Å²) in [6, 6.07) is 3.93. The second-order valence-electron chi connectivity index (χ2n) is 3.65. The summed E-state index contributed by atoms with van der Waals surface area (Å²) in [6.45, 7) is 1.91. The first-order chi connectivity index (χ1) is 8.11. The predicted molar refractivity (Wildman–Crippen MR) is 65.8 cm³/mol. The minimum atomic E-state index is -0.410. The molecule has 1 aromatic carbocycles. The van der Waals surface area contributed by atoms with Gasteiger partial charge in [0.05, 0.1) is 18.2 Å². The van der Waals surface area contributed by atoms with E-state index in [4.69, 9.17) is 10.5 Å². The monoisotopic (exact) mass is 252 g/mol. The van der Waals surface area contributed by atoms with Crippen LogP contribution in [-0.2, 0) is 0 Å². The molecule has 0 saturated carbocycles. The molecule has 0 bridgehead atoms. The van der Waals surface area contributed by atoms with Crippen LogP contribution < -0.4 is 10.5 Å². The molecule has 2 rings (SSSR count). The fourth-order valence-corrected chi connectivity index (χ4v) is 2.43. The molecule has 3 nitrogen and oxygen atoms in total. The van der Waals surface area contributed by atoms with E-state index >= 15 is 0 Å². The van der Waals surface area contributed by atoms with E-state index < -0.39 is 6.04 Å². The van der Waals surface area contributed by atoms with Gasteiger partial charge in [0.25, 0.3) is 0 Å².